The zero-order chi connectivity index (χ0) is 16.8. The first kappa shape index (κ1) is 17.0. The van der Waals surface area contributed by atoms with Crippen molar-refractivity contribution >= 4 is 29.1 Å². The Morgan fingerprint density at radius 2 is 1.65 bits per heavy atom. The van der Waals surface area contributed by atoms with Crippen molar-refractivity contribution < 1.29 is 9.59 Å². The van der Waals surface area contributed by atoms with E-state index >= 15 is 0 Å². The standard InChI is InChI=1S/C18H19ClN2O2/c1-3-13-4-10-16(11-5-13)21-17(22)12(2)20-18(23)14-6-8-15(19)9-7-14/h4-12H,3H2,1-2H3,(H,20,23)(H,21,22). The average molecular weight is 331 g/mol. The number of halogens is 1. The highest BCUT2D eigenvalue weighted by Gasteiger charge is 2.16. The topological polar surface area (TPSA) is 58.2 Å². The van der Waals surface area contributed by atoms with E-state index in [9.17, 15) is 9.59 Å². The lowest BCUT2D eigenvalue weighted by Gasteiger charge is -2.14. The lowest BCUT2D eigenvalue weighted by Crippen LogP contribution is -2.41. The zero-order valence-electron chi connectivity index (χ0n) is 13.1. The van der Waals surface area contributed by atoms with Crippen LogP contribution in [0.1, 0.15) is 29.8 Å². The van der Waals surface area contributed by atoms with Crippen molar-refractivity contribution in [2.75, 3.05) is 5.32 Å². The van der Waals surface area contributed by atoms with E-state index in [0.29, 0.717) is 16.3 Å². The zero-order valence-corrected chi connectivity index (χ0v) is 13.9. The van der Waals surface area contributed by atoms with Gasteiger partial charge >= 0.3 is 0 Å². The Balaban J connectivity index is 1.93. The highest BCUT2D eigenvalue weighted by molar-refractivity contribution is 6.30. The second kappa shape index (κ2) is 7.79. The van der Waals surface area contributed by atoms with Crippen LogP contribution in [0.25, 0.3) is 0 Å². The summed E-state index contributed by atoms with van der Waals surface area (Å²) in [5.74, 6) is -0.581. The summed E-state index contributed by atoms with van der Waals surface area (Å²) in [6.45, 7) is 3.71. The van der Waals surface area contributed by atoms with Gasteiger partial charge in [-0.2, -0.15) is 0 Å². The van der Waals surface area contributed by atoms with Crippen molar-refractivity contribution in [2.24, 2.45) is 0 Å². The van der Waals surface area contributed by atoms with E-state index < -0.39 is 6.04 Å². The number of anilines is 1. The van der Waals surface area contributed by atoms with Crippen LogP contribution in [0.5, 0.6) is 0 Å². The van der Waals surface area contributed by atoms with E-state index in [2.05, 4.69) is 17.6 Å². The minimum absolute atomic E-state index is 0.267. The summed E-state index contributed by atoms with van der Waals surface area (Å²) in [6, 6.07) is 13.5. The van der Waals surface area contributed by atoms with Gasteiger partial charge in [0.2, 0.25) is 5.91 Å². The Morgan fingerprint density at radius 1 is 1.04 bits per heavy atom. The Hall–Kier alpha value is -2.33. The highest BCUT2D eigenvalue weighted by Crippen LogP contribution is 2.11. The Kier molecular flexibility index (Phi) is 5.77. The fourth-order valence-corrected chi connectivity index (χ4v) is 2.15. The fourth-order valence-electron chi connectivity index (χ4n) is 2.02. The molecule has 0 spiro atoms. The van der Waals surface area contributed by atoms with Crippen LogP contribution in [0.3, 0.4) is 0 Å². The first-order chi connectivity index (χ1) is 11.0. The molecular weight excluding hydrogens is 312 g/mol. The lowest BCUT2D eigenvalue weighted by atomic mass is 10.1. The van der Waals surface area contributed by atoms with Crippen molar-refractivity contribution in [2.45, 2.75) is 26.3 Å². The van der Waals surface area contributed by atoms with Crippen LogP contribution in [0.4, 0.5) is 5.69 Å². The Morgan fingerprint density at radius 3 is 2.22 bits per heavy atom. The third-order valence-corrected chi connectivity index (χ3v) is 3.73. The van der Waals surface area contributed by atoms with Crippen LogP contribution in [0, 0.1) is 0 Å². The Labute approximate surface area is 140 Å². The number of hydrogen-bond acceptors (Lipinski definition) is 2. The Bertz CT molecular complexity index is 681. The van der Waals surface area contributed by atoms with Crippen LogP contribution in [0.2, 0.25) is 5.02 Å². The maximum absolute atomic E-state index is 12.1. The van der Waals surface area contributed by atoms with Crippen LogP contribution in [-0.4, -0.2) is 17.9 Å². The maximum Gasteiger partial charge on any atom is 0.251 e. The normalized spacial score (nSPS) is 11.6. The molecule has 0 aromatic heterocycles. The first-order valence-electron chi connectivity index (χ1n) is 7.46. The quantitative estimate of drug-likeness (QED) is 0.879. The van der Waals surface area contributed by atoms with Crippen molar-refractivity contribution in [3.63, 3.8) is 0 Å². The molecule has 1 atom stereocenters. The van der Waals surface area contributed by atoms with Crippen molar-refractivity contribution in [3.05, 3.63) is 64.7 Å². The third kappa shape index (κ3) is 4.83. The summed E-state index contributed by atoms with van der Waals surface area (Å²) in [7, 11) is 0. The van der Waals surface area contributed by atoms with Crippen molar-refractivity contribution in [1.29, 1.82) is 0 Å². The molecule has 0 heterocycles. The van der Waals surface area contributed by atoms with E-state index in [1.165, 1.54) is 5.56 Å². The van der Waals surface area contributed by atoms with Gasteiger partial charge in [-0.25, -0.2) is 0 Å². The van der Waals surface area contributed by atoms with Crippen molar-refractivity contribution in [3.8, 4) is 0 Å². The van der Waals surface area contributed by atoms with E-state index in [0.717, 1.165) is 6.42 Å². The number of nitrogens with one attached hydrogen (secondary N) is 2. The molecule has 0 aliphatic rings. The van der Waals surface area contributed by atoms with Gasteiger partial charge in [-0.3, -0.25) is 9.59 Å². The molecule has 0 aliphatic heterocycles. The maximum atomic E-state index is 12.1. The summed E-state index contributed by atoms with van der Waals surface area (Å²) in [5, 5.41) is 6.01. The third-order valence-electron chi connectivity index (χ3n) is 3.48. The minimum Gasteiger partial charge on any atom is -0.341 e. The number of amides is 2. The summed E-state index contributed by atoms with van der Waals surface area (Å²) in [5.41, 5.74) is 2.37. The van der Waals surface area contributed by atoms with E-state index in [4.69, 9.17) is 11.6 Å². The highest BCUT2D eigenvalue weighted by atomic mass is 35.5. The lowest BCUT2D eigenvalue weighted by molar-refractivity contribution is -0.117. The van der Waals surface area contributed by atoms with E-state index in [1.54, 1.807) is 31.2 Å². The molecule has 2 rings (SSSR count). The number of hydrogen-bond donors (Lipinski definition) is 2. The van der Waals surface area contributed by atoms with Crippen molar-refractivity contribution in [1.82, 2.24) is 5.32 Å². The molecule has 2 aromatic rings. The number of carbonyl (C=O) groups excluding carboxylic acids is 2. The molecule has 0 saturated heterocycles. The number of carbonyl (C=O) groups is 2. The number of rotatable bonds is 5. The summed E-state index contributed by atoms with van der Waals surface area (Å²) < 4.78 is 0. The van der Waals surface area contributed by atoms with Crippen LogP contribution < -0.4 is 10.6 Å². The summed E-state index contributed by atoms with van der Waals surface area (Å²) >= 11 is 5.79. The van der Waals surface area contributed by atoms with Gasteiger partial charge in [0.25, 0.3) is 5.91 Å². The largest absolute Gasteiger partial charge is 0.341 e. The predicted octanol–water partition coefficient (Wildman–Crippen LogP) is 3.66. The van der Waals surface area contributed by atoms with Crippen LogP contribution in [-0.2, 0) is 11.2 Å². The summed E-state index contributed by atoms with van der Waals surface area (Å²) in [4.78, 5) is 24.2. The number of benzene rings is 2. The fraction of sp³-hybridized carbons (Fsp3) is 0.222. The van der Waals surface area contributed by atoms with Gasteiger partial charge < -0.3 is 10.6 Å². The summed E-state index contributed by atoms with van der Waals surface area (Å²) in [6.07, 6.45) is 0.946. The smallest absolute Gasteiger partial charge is 0.251 e. The van der Waals surface area contributed by atoms with Crippen LogP contribution >= 0.6 is 11.6 Å². The van der Waals surface area contributed by atoms with Gasteiger partial charge in [0, 0.05) is 16.3 Å². The van der Waals surface area contributed by atoms with Gasteiger partial charge in [0.15, 0.2) is 0 Å². The average Bonchev–Trinajstić information content (AvgIpc) is 2.56. The van der Waals surface area contributed by atoms with E-state index in [1.807, 2.05) is 24.3 Å². The van der Waals surface area contributed by atoms with Gasteiger partial charge in [-0.05, 0) is 55.3 Å². The monoisotopic (exact) mass is 330 g/mol. The molecular formula is C18H19ClN2O2. The minimum atomic E-state index is -0.649. The molecule has 5 heteroatoms. The molecule has 4 nitrogen and oxygen atoms in total. The van der Waals surface area contributed by atoms with Gasteiger partial charge in [0.05, 0.1) is 0 Å². The molecule has 23 heavy (non-hydrogen) atoms. The molecule has 0 bridgehead atoms. The molecule has 0 saturated carbocycles. The molecule has 0 radical (unpaired) electrons. The molecule has 2 amide bonds. The van der Waals surface area contributed by atoms with Gasteiger partial charge in [-0.15, -0.1) is 0 Å². The number of aryl methyl sites for hydroxylation is 1. The molecule has 2 N–H and O–H groups in total. The molecule has 120 valence electrons. The SMILES string of the molecule is CCc1ccc(NC(=O)C(C)NC(=O)c2ccc(Cl)cc2)cc1. The molecule has 2 aromatic carbocycles. The first-order valence-corrected chi connectivity index (χ1v) is 7.83. The second-order valence-corrected chi connectivity index (χ2v) is 5.68. The van der Waals surface area contributed by atoms with Gasteiger partial charge in [-0.1, -0.05) is 30.7 Å². The molecule has 1 unspecified atom stereocenters. The van der Waals surface area contributed by atoms with Gasteiger partial charge in [0.1, 0.15) is 6.04 Å². The molecule has 0 fully saturated rings. The molecule has 0 aliphatic carbocycles. The van der Waals surface area contributed by atoms with E-state index in [-0.39, 0.29) is 11.8 Å². The second-order valence-electron chi connectivity index (χ2n) is 5.24. The predicted molar refractivity (Wildman–Crippen MR) is 92.8 cm³/mol. The van der Waals surface area contributed by atoms with Crippen LogP contribution in [0.15, 0.2) is 48.5 Å².